The first kappa shape index (κ1) is 18.6. The van der Waals surface area contributed by atoms with E-state index >= 15 is 0 Å². The molecule has 5 heteroatoms. The Balaban J connectivity index is 1.53. The molecular formula is C24H22N4O. The zero-order valence-electron chi connectivity index (χ0n) is 16.2. The number of carbonyl (C=O) groups is 1. The zero-order chi connectivity index (χ0) is 20.1. The average molecular weight is 382 g/mol. The molecule has 0 saturated heterocycles. The van der Waals surface area contributed by atoms with Gasteiger partial charge in [-0.3, -0.25) is 14.5 Å². The van der Waals surface area contributed by atoms with Gasteiger partial charge in [0.25, 0.3) is 0 Å². The molecule has 144 valence electrons. The highest BCUT2D eigenvalue weighted by molar-refractivity contribution is 5.87. The Bertz CT molecular complexity index is 1050. The highest BCUT2D eigenvalue weighted by atomic mass is 16.1. The Morgan fingerprint density at radius 2 is 1.59 bits per heavy atom. The first-order chi connectivity index (χ1) is 14.2. The van der Waals surface area contributed by atoms with Crippen molar-refractivity contribution in [1.82, 2.24) is 20.1 Å². The summed E-state index contributed by atoms with van der Waals surface area (Å²) in [5.41, 5.74) is 4.86. The largest absolute Gasteiger partial charge is 0.351 e. The molecule has 0 fully saturated rings. The van der Waals surface area contributed by atoms with E-state index in [1.165, 1.54) is 0 Å². The summed E-state index contributed by atoms with van der Waals surface area (Å²) < 4.78 is 1.76. The van der Waals surface area contributed by atoms with Gasteiger partial charge in [-0.05, 0) is 22.8 Å². The van der Waals surface area contributed by atoms with Crippen molar-refractivity contribution in [1.29, 1.82) is 0 Å². The number of nitrogens with zero attached hydrogens (tertiary/aromatic N) is 3. The number of carbonyl (C=O) groups excluding carboxylic acids is 1. The fourth-order valence-corrected chi connectivity index (χ4v) is 3.39. The van der Waals surface area contributed by atoms with E-state index in [-0.39, 0.29) is 11.8 Å². The number of benzene rings is 2. The molecule has 1 N–H and O–H groups in total. The number of nitrogens with one attached hydrogen (secondary N) is 1. The van der Waals surface area contributed by atoms with E-state index in [1.807, 2.05) is 80.0 Å². The first-order valence-corrected chi connectivity index (χ1v) is 9.51. The molecule has 0 radical (unpaired) electrons. The lowest BCUT2D eigenvalue weighted by Gasteiger charge is -2.18. The van der Waals surface area contributed by atoms with E-state index in [9.17, 15) is 4.79 Å². The van der Waals surface area contributed by atoms with Crippen LogP contribution in [0.2, 0.25) is 0 Å². The molecule has 29 heavy (non-hydrogen) atoms. The molecule has 0 bridgehead atoms. The van der Waals surface area contributed by atoms with Crippen LogP contribution in [0.5, 0.6) is 0 Å². The van der Waals surface area contributed by atoms with Crippen molar-refractivity contribution < 1.29 is 4.79 Å². The molecule has 0 atom stereocenters. The topological polar surface area (TPSA) is 59.8 Å². The lowest BCUT2D eigenvalue weighted by atomic mass is 9.90. The van der Waals surface area contributed by atoms with E-state index in [0.29, 0.717) is 6.54 Å². The number of hydrogen-bond acceptors (Lipinski definition) is 3. The third-order valence-corrected chi connectivity index (χ3v) is 4.83. The Morgan fingerprint density at radius 1 is 0.931 bits per heavy atom. The Labute approximate surface area is 170 Å². The van der Waals surface area contributed by atoms with Crippen molar-refractivity contribution in [2.45, 2.75) is 12.5 Å². The molecule has 0 aliphatic rings. The van der Waals surface area contributed by atoms with E-state index < -0.39 is 0 Å². The number of aryl methyl sites for hydroxylation is 1. The maximum absolute atomic E-state index is 13.1. The molecule has 5 nitrogen and oxygen atoms in total. The zero-order valence-corrected chi connectivity index (χ0v) is 16.2. The van der Waals surface area contributed by atoms with Crippen molar-refractivity contribution in [3.8, 4) is 11.1 Å². The molecule has 0 saturated carbocycles. The van der Waals surface area contributed by atoms with E-state index in [2.05, 4.69) is 15.4 Å². The number of pyridine rings is 1. The van der Waals surface area contributed by atoms with Gasteiger partial charge in [0, 0.05) is 43.3 Å². The van der Waals surface area contributed by atoms with Crippen molar-refractivity contribution in [3.05, 3.63) is 108 Å². The minimum atomic E-state index is -0.355. The summed E-state index contributed by atoms with van der Waals surface area (Å²) >= 11 is 0. The molecule has 1 amide bonds. The maximum atomic E-state index is 13.1. The van der Waals surface area contributed by atoms with Crippen LogP contribution in [0.15, 0.2) is 91.5 Å². The summed E-state index contributed by atoms with van der Waals surface area (Å²) in [6.45, 7) is 0.413. The van der Waals surface area contributed by atoms with Gasteiger partial charge in [0.05, 0.1) is 12.1 Å². The SMILES string of the molecule is Cn1cc(-c2cncc(CNC(=O)C(c3ccccc3)c3ccccc3)c2)cn1. The van der Waals surface area contributed by atoms with Crippen LogP contribution in [0.3, 0.4) is 0 Å². The van der Waals surface area contributed by atoms with Crippen LogP contribution >= 0.6 is 0 Å². The van der Waals surface area contributed by atoms with Crippen LogP contribution in [0.4, 0.5) is 0 Å². The number of aromatic nitrogens is 3. The van der Waals surface area contributed by atoms with Crippen LogP contribution in [-0.2, 0) is 18.4 Å². The van der Waals surface area contributed by atoms with Gasteiger partial charge in [0.2, 0.25) is 5.91 Å². The second-order valence-corrected chi connectivity index (χ2v) is 6.96. The molecule has 2 heterocycles. The lowest BCUT2D eigenvalue weighted by Crippen LogP contribution is -2.29. The van der Waals surface area contributed by atoms with Crippen LogP contribution in [-0.4, -0.2) is 20.7 Å². The molecule has 0 unspecified atom stereocenters. The molecule has 2 aromatic heterocycles. The average Bonchev–Trinajstić information content (AvgIpc) is 3.21. The van der Waals surface area contributed by atoms with E-state index in [1.54, 1.807) is 23.3 Å². The monoisotopic (exact) mass is 382 g/mol. The molecule has 0 aliphatic carbocycles. The quantitative estimate of drug-likeness (QED) is 0.550. The van der Waals surface area contributed by atoms with Gasteiger partial charge in [0.1, 0.15) is 0 Å². The summed E-state index contributed by atoms with van der Waals surface area (Å²) in [7, 11) is 1.88. The second kappa shape index (κ2) is 8.52. The summed E-state index contributed by atoms with van der Waals surface area (Å²) in [6.07, 6.45) is 7.33. The van der Waals surface area contributed by atoms with E-state index in [4.69, 9.17) is 0 Å². The molecule has 0 spiro atoms. The van der Waals surface area contributed by atoms with E-state index in [0.717, 1.165) is 27.8 Å². The highest BCUT2D eigenvalue weighted by Gasteiger charge is 2.22. The Morgan fingerprint density at radius 3 is 2.17 bits per heavy atom. The van der Waals surface area contributed by atoms with Gasteiger partial charge in [-0.1, -0.05) is 60.7 Å². The van der Waals surface area contributed by atoms with Crippen molar-refractivity contribution >= 4 is 5.91 Å². The smallest absolute Gasteiger partial charge is 0.232 e. The second-order valence-electron chi connectivity index (χ2n) is 6.96. The Hall–Kier alpha value is -3.73. The van der Waals surface area contributed by atoms with Crippen LogP contribution < -0.4 is 5.32 Å². The number of hydrogen-bond donors (Lipinski definition) is 1. The number of rotatable bonds is 6. The summed E-state index contributed by atoms with van der Waals surface area (Å²) in [5, 5.41) is 7.29. The molecule has 4 rings (SSSR count). The summed E-state index contributed by atoms with van der Waals surface area (Å²) in [6, 6.07) is 21.7. The van der Waals surface area contributed by atoms with Crippen LogP contribution in [0, 0.1) is 0 Å². The molecular weight excluding hydrogens is 360 g/mol. The van der Waals surface area contributed by atoms with Crippen LogP contribution in [0.25, 0.3) is 11.1 Å². The van der Waals surface area contributed by atoms with Gasteiger partial charge in [-0.15, -0.1) is 0 Å². The number of amides is 1. The standard InChI is InChI=1S/C24H22N4O/c1-28-17-22(16-27-28)21-12-18(13-25-15-21)14-26-24(29)23(19-8-4-2-5-9-19)20-10-6-3-7-11-20/h2-13,15-17,23H,14H2,1H3,(H,26,29). The van der Waals surface area contributed by atoms with Crippen molar-refractivity contribution in [2.75, 3.05) is 0 Å². The fraction of sp³-hybridized carbons (Fsp3) is 0.125. The van der Waals surface area contributed by atoms with Gasteiger partial charge in [-0.2, -0.15) is 5.10 Å². The first-order valence-electron chi connectivity index (χ1n) is 9.51. The Kier molecular flexibility index (Phi) is 5.47. The van der Waals surface area contributed by atoms with Crippen molar-refractivity contribution in [3.63, 3.8) is 0 Å². The minimum absolute atomic E-state index is 0.0332. The van der Waals surface area contributed by atoms with Gasteiger partial charge in [-0.25, -0.2) is 0 Å². The molecule has 4 aromatic rings. The molecule has 0 aliphatic heterocycles. The lowest BCUT2D eigenvalue weighted by molar-refractivity contribution is -0.121. The third-order valence-electron chi connectivity index (χ3n) is 4.83. The third kappa shape index (κ3) is 4.41. The predicted molar refractivity (Wildman–Crippen MR) is 113 cm³/mol. The van der Waals surface area contributed by atoms with Gasteiger partial charge < -0.3 is 5.32 Å². The van der Waals surface area contributed by atoms with Crippen LogP contribution in [0.1, 0.15) is 22.6 Å². The molecule has 2 aromatic carbocycles. The highest BCUT2D eigenvalue weighted by Crippen LogP contribution is 2.25. The fourth-order valence-electron chi connectivity index (χ4n) is 3.39. The maximum Gasteiger partial charge on any atom is 0.232 e. The normalized spacial score (nSPS) is 10.8. The van der Waals surface area contributed by atoms with Gasteiger partial charge in [0.15, 0.2) is 0 Å². The van der Waals surface area contributed by atoms with Gasteiger partial charge >= 0.3 is 0 Å². The van der Waals surface area contributed by atoms with Crippen molar-refractivity contribution in [2.24, 2.45) is 7.05 Å². The summed E-state index contributed by atoms with van der Waals surface area (Å²) in [4.78, 5) is 17.5. The summed E-state index contributed by atoms with van der Waals surface area (Å²) in [5.74, 6) is -0.388. The predicted octanol–water partition coefficient (Wildman–Crippen LogP) is 3.93. The minimum Gasteiger partial charge on any atom is -0.351 e.